The summed E-state index contributed by atoms with van der Waals surface area (Å²) in [5.41, 5.74) is 1.82. The van der Waals surface area contributed by atoms with Crippen molar-refractivity contribution >= 4 is 23.2 Å². The van der Waals surface area contributed by atoms with E-state index in [4.69, 9.17) is 21.2 Å². The molecule has 1 aliphatic carbocycles. The van der Waals surface area contributed by atoms with Crippen LogP contribution in [0.15, 0.2) is 41.7 Å². The minimum Gasteiger partial charge on any atom is -0.479 e. The van der Waals surface area contributed by atoms with Crippen LogP contribution in [0.5, 0.6) is 5.75 Å². The Morgan fingerprint density at radius 2 is 2.03 bits per heavy atom. The van der Waals surface area contributed by atoms with Crippen LogP contribution < -0.4 is 10.1 Å². The minimum atomic E-state index is -4.55. The van der Waals surface area contributed by atoms with Crippen molar-refractivity contribution in [2.75, 3.05) is 13.7 Å². The van der Waals surface area contributed by atoms with Gasteiger partial charge in [0.2, 0.25) is 0 Å². The molecule has 0 spiro atoms. The van der Waals surface area contributed by atoms with Gasteiger partial charge in [-0.1, -0.05) is 35.3 Å². The Labute approximate surface area is 195 Å². The fraction of sp³-hybridized carbons (Fsp3) is 0.435. The van der Waals surface area contributed by atoms with Crippen molar-refractivity contribution in [1.82, 2.24) is 10.3 Å². The third-order valence-corrected chi connectivity index (χ3v) is 5.70. The zero-order valence-corrected chi connectivity index (χ0v) is 19.0. The number of hydrogen-bond donors (Lipinski definition) is 1. The van der Waals surface area contributed by atoms with E-state index in [0.717, 1.165) is 44.5 Å². The lowest BCUT2D eigenvalue weighted by molar-refractivity contribution is -0.189. The number of pyridine rings is 1. The molecule has 0 bridgehead atoms. The molecule has 0 radical (unpaired) electrons. The third kappa shape index (κ3) is 6.60. The van der Waals surface area contributed by atoms with Crippen molar-refractivity contribution < 1.29 is 27.5 Å². The molecule has 2 aromatic rings. The normalized spacial score (nSPS) is 18.6. The lowest BCUT2D eigenvalue weighted by Crippen LogP contribution is -2.35. The number of alkyl halides is 3. The van der Waals surface area contributed by atoms with Gasteiger partial charge in [-0.15, -0.1) is 0 Å². The molecule has 0 saturated heterocycles. The number of nitrogens with one attached hydrogen (secondary N) is 1. The Balaban J connectivity index is 1.83. The van der Waals surface area contributed by atoms with Gasteiger partial charge in [-0.2, -0.15) is 13.2 Å². The van der Waals surface area contributed by atoms with Gasteiger partial charge in [0.05, 0.1) is 11.9 Å². The second kappa shape index (κ2) is 10.9. The summed E-state index contributed by atoms with van der Waals surface area (Å²) in [6, 6.07) is 7.91. The van der Waals surface area contributed by atoms with Crippen LogP contribution in [0, 0.1) is 5.92 Å². The van der Waals surface area contributed by atoms with E-state index in [1.807, 2.05) is 0 Å². The Morgan fingerprint density at radius 1 is 1.30 bits per heavy atom. The Kier molecular flexibility index (Phi) is 8.18. The van der Waals surface area contributed by atoms with Crippen LogP contribution >= 0.6 is 11.6 Å². The van der Waals surface area contributed by atoms with Crippen LogP contribution in [-0.2, 0) is 4.84 Å². The highest BCUT2D eigenvalue weighted by Gasteiger charge is 2.38. The van der Waals surface area contributed by atoms with Gasteiger partial charge >= 0.3 is 6.18 Å². The molecule has 178 valence electrons. The number of carbonyl (C=O) groups excluding carboxylic acids is 1. The van der Waals surface area contributed by atoms with Crippen molar-refractivity contribution in [3.8, 4) is 16.9 Å². The molecule has 1 N–H and O–H groups in total. The summed E-state index contributed by atoms with van der Waals surface area (Å²) in [5.74, 6) is -0.461. The number of halogens is 4. The predicted molar refractivity (Wildman–Crippen MR) is 120 cm³/mol. The summed E-state index contributed by atoms with van der Waals surface area (Å²) >= 11 is 5.94. The highest BCUT2D eigenvalue weighted by atomic mass is 35.5. The third-order valence-electron chi connectivity index (χ3n) is 5.44. The first-order valence-corrected chi connectivity index (χ1v) is 10.9. The standard InChI is InChI=1S/C23H25ClF3N3O3/c1-14(23(25,26)27)33-21-13-28-20(11-18(21)15-7-9-17(24)10-8-15)22(31)29-12-16-5-3-4-6-19(16)30-32-2/h7-11,13-14,16H,3-6,12H2,1-2H3,(H,29,31)/b30-19+/t14-,16+/m0/s1. The first-order valence-electron chi connectivity index (χ1n) is 10.6. The topological polar surface area (TPSA) is 72.8 Å². The predicted octanol–water partition coefficient (Wildman–Crippen LogP) is 5.65. The number of ether oxygens (including phenoxy) is 1. The molecule has 0 unspecified atom stereocenters. The van der Waals surface area contributed by atoms with E-state index >= 15 is 0 Å². The van der Waals surface area contributed by atoms with Gasteiger partial charge in [0.15, 0.2) is 6.10 Å². The molecule has 3 rings (SSSR count). The van der Waals surface area contributed by atoms with Crippen LogP contribution in [0.4, 0.5) is 13.2 Å². The number of amides is 1. The maximum atomic E-state index is 13.0. The second-order valence-electron chi connectivity index (χ2n) is 7.79. The van der Waals surface area contributed by atoms with Gasteiger partial charge in [0, 0.05) is 23.0 Å². The van der Waals surface area contributed by atoms with Crippen LogP contribution in [0.2, 0.25) is 5.02 Å². The van der Waals surface area contributed by atoms with Gasteiger partial charge in [-0.3, -0.25) is 4.79 Å². The summed E-state index contributed by atoms with van der Waals surface area (Å²) in [4.78, 5) is 21.8. The zero-order valence-electron chi connectivity index (χ0n) is 18.3. The van der Waals surface area contributed by atoms with E-state index in [9.17, 15) is 18.0 Å². The monoisotopic (exact) mass is 483 g/mol. The number of benzene rings is 1. The first-order chi connectivity index (χ1) is 15.7. The Hall–Kier alpha value is -2.81. The average molecular weight is 484 g/mol. The number of oxime groups is 1. The van der Waals surface area contributed by atoms with Crippen LogP contribution in [0.25, 0.3) is 11.1 Å². The maximum Gasteiger partial charge on any atom is 0.425 e. The van der Waals surface area contributed by atoms with Gasteiger partial charge in [-0.05, 0) is 49.9 Å². The van der Waals surface area contributed by atoms with E-state index < -0.39 is 18.2 Å². The van der Waals surface area contributed by atoms with Gasteiger partial charge in [0.25, 0.3) is 5.91 Å². The van der Waals surface area contributed by atoms with E-state index in [1.165, 1.54) is 13.2 Å². The molecule has 6 nitrogen and oxygen atoms in total. The van der Waals surface area contributed by atoms with Crippen LogP contribution in [0.1, 0.15) is 43.1 Å². The van der Waals surface area contributed by atoms with Crippen LogP contribution in [-0.4, -0.2) is 42.5 Å². The van der Waals surface area contributed by atoms with Crippen molar-refractivity contribution in [3.05, 3.63) is 47.2 Å². The van der Waals surface area contributed by atoms with Crippen molar-refractivity contribution in [1.29, 1.82) is 0 Å². The summed E-state index contributed by atoms with van der Waals surface area (Å²) < 4.78 is 44.3. The minimum absolute atomic E-state index is 0.0630. The average Bonchev–Trinajstić information content (AvgIpc) is 2.78. The lowest BCUT2D eigenvalue weighted by Gasteiger charge is -2.23. The van der Waals surface area contributed by atoms with Gasteiger partial charge < -0.3 is 14.9 Å². The lowest BCUT2D eigenvalue weighted by atomic mass is 9.87. The molecular weight excluding hydrogens is 459 g/mol. The smallest absolute Gasteiger partial charge is 0.425 e. The molecule has 10 heteroatoms. The fourth-order valence-electron chi connectivity index (χ4n) is 3.60. The van der Waals surface area contributed by atoms with Crippen LogP contribution in [0.3, 0.4) is 0 Å². The number of hydrogen-bond acceptors (Lipinski definition) is 5. The number of aromatic nitrogens is 1. The molecule has 1 aromatic heterocycles. The fourth-order valence-corrected chi connectivity index (χ4v) is 3.73. The summed E-state index contributed by atoms with van der Waals surface area (Å²) in [7, 11) is 1.49. The SMILES string of the molecule is CO/N=C1\CCCC[C@@H]1CNC(=O)c1cc(-c2ccc(Cl)cc2)c(O[C@@H](C)C(F)(F)F)cn1. The number of nitrogens with zero attached hydrogens (tertiary/aromatic N) is 2. The molecule has 1 aromatic carbocycles. The molecule has 1 aliphatic rings. The molecule has 1 saturated carbocycles. The van der Waals surface area contributed by atoms with Crippen molar-refractivity contribution in [3.63, 3.8) is 0 Å². The van der Waals surface area contributed by atoms with E-state index in [-0.39, 0.29) is 17.4 Å². The maximum absolute atomic E-state index is 13.0. The van der Waals surface area contributed by atoms with Crippen molar-refractivity contribution in [2.24, 2.45) is 11.1 Å². The summed E-state index contributed by atoms with van der Waals surface area (Å²) in [6.45, 7) is 1.28. The van der Waals surface area contributed by atoms with Gasteiger partial charge in [0.1, 0.15) is 18.6 Å². The summed E-state index contributed by atoms with van der Waals surface area (Å²) in [5, 5.41) is 7.39. The molecule has 2 atom stereocenters. The molecule has 33 heavy (non-hydrogen) atoms. The summed E-state index contributed by atoms with van der Waals surface area (Å²) in [6.07, 6.45) is -1.70. The Morgan fingerprint density at radius 3 is 2.70 bits per heavy atom. The molecule has 1 amide bonds. The van der Waals surface area contributed by atoms with E-state index in [1.54, 1.807) is 24.3 Å². The molecule has 1 heterocycles. The molecule has 1 fully saturated rings. The zero-order chi connectivity index (χ0) is 24.0. The van der Waals surface area contributed by atoms with E-state index in [2.05, 4.69) is 15.5 Å². The molecular formula is C23H25ClF3N3O3. The second-order valence-corrected chi connectivity index (χ2v) is 8.23. The highest BCUT2D eigenvalue weighted by molar-refractivity contribution is 6.30. The highest BCUT2D eigenvalue weighted by Crippen LogP contribution is 2.34. The van der Waals surface area contributed by atoms with Crippen molar-refractivity contribution in [2.45, 2.75) is 44.9 Å². The molecule has 0 aliphatic heterocycles. The van der Waals surface area contributed by atoms with Gasteiger partial charge in [-0.25, -0.2) is 4.98 Å². The largest absolute Gasteiger partial charge is 0.479 e. The quantitative estimate of drug-likeness (QED) is 0.516. The first kappa shape index (κ1) is 24.8. The number of carbonyl (C=O) groups is 1. The Bertz CT molecular complexity index is 997. The number of rotatable bonds is 7. The van der Waals surface area contributed by atoms with E-state index in [0.29, 0.717) is 22.7 Å².